The number of nitrogens with one attached hydrogen (secondary N) is 1. The summed E-state index contributed by atoms with van der Waals surface area (Å²) in [6.07, 6.45) is 3.17. The van der Waals surface area contributed by atoms with Crippen LogP contribution in [0.15, 0.2) is 28.7 Å². The summed E-state index contributed by atoms with van der Waals surface area (Å²) in [5.41, 5.74) is 1.39. The topological polar surface area (TPSA) is 30.5 Å². The minimum absolute atomic E-state index is 0.619. The molecule has 1 aromatic rings. The van der Waals surface area contributed by atoms with Crippen molar-refractivity contribution in [2.75, 3.05) is 40.0 Å². The molecule has 0 fully saturated rings. The number of hydrogen-bond donors (Lipinski definition) is 1. The fourth-order valence-electron chi connectivity index (χ4n) is 2.24. The number of halogens is 1. The van der Waals surface area contributed by atoms with Gasteiger partial charge in [-0.3, -0.25) is 0 Å². The van der Waals surface area contributed by atoms with Crippen molar-refractivity contribution in [1.29, 1.82) is 0 Å². The second-order valence-corrected chi connectivity index (χ2v) is 6.17. The average Bonchev–Trinajstić information content (AvgIpc) is 2.50. The molecule has 21 heavy (non-hydrogen) atoms. The van der Waals surface area contributed by atoms with Gasteiger partial charge in [0.05, 0.1) is 0 Å². The van der Waals surface area contributed by atoms with Crippen molar-refractivity contribution in [3.05, 3.63) is 34.3 Å². The monoisotopic (exact) mass is 357 g/mol. The summed E-state index contributed by atoms with van der Waals surface area (Å²) in [5, 5.41) is 3.46. The van der Waals surface area contributed by atoms with Gasteiger partial charge < -0.3 is 14.8 Å². The smallest absolute Gasteiger partial charge is 0.0487 e. The first-order valence-corrected chi connectivity index (χ1v) is 8.57. The average molecular weight is 358 g/mol. The van der Waals surface area contributed by atoms with Crippen LogP contribution in [0.25, 0.3) is 0 Å². The molecule has 1 rings (SSSR count). The third-order valence-corrected chi connectivity index (χ3v) is 3.96. The van der Waals surface area contributed by atoms with Gasteiger partial charge in [0, 0.05) is 31.4 Å². The molecule has 1 N–H and O–H groups in total. The molecule has 0 saturated heterocycles. The standard InChI is InChI=1S/C17H28BrNO2/c1-3-19-14-16(9-12-21-11-4-10-20-2)13-15-5-7-17(18)8-6-15/h5-8,16,19H,3-4,9-14H2,1-2H3. The van der Waals surface area contributed by atoms with E-state index < -0.39 is 0 Å². The van der Waals surface area contributed by atoms with Crippen molar-refractivity contribution < 1.29 is 9.47 Å². The third-order valence-electron chi connectivity index (χ3n) is 3.43. The van der Waals surface area contributed by atoms with Crippen LogP contribution < -0.4 is 5.32 Å². The molecule has 0 spiro atoms. The van der Waals surface area contributed by atoms with E-state index >= 15 is 0 Å². The number of ether oxygens (including phenoxy) is 2. The lowest BCUT2D eigenvalue weighted by Crippen LogP contribution is -2.25. The molecule has 0 saturated carbocycles. The number of methoxy groups -OCH3 is 1. The summed E-state index contributed by atoms with van der Waals surface area (Å²) in [7, 11) is 1.73. The molecule has 3 nitrogen and oxygen atoms in total. The van der Waals surface area contributed by atoms with Gasteiger partial charge >= 0.3 is 0 Å². The Hall–Kier alpha value is -0.420. The summed E-state index contributed by atoms with van der Waals surface area (Å²) in [6, 6.07) is 8.62. The molecule has 120 valence electrons. The summed E-state index contributed by atoms with van der Waals surface area (Å²) in [4.78, 5) is 0. The number of benzene rings is 1. The van der Waals surface area contributed by atoms with Crippen LogP contribution in [0.2, 0.25) is 0 Å². The van der Waals surface area contributed by atoms with Crippen LogP contribution in [0.1, 0.15) is 25.3 Å². The molecule has 0 radical (unpaired) electrons. The molecule has 0 amide bonds. The summed E-state index contributed by atoms with van der Waals surface area (Å²) in [5.74, 6) is 0.619. The molecule has 4 heteroatoms. The van der Waals surface area contributed by atoms with Crippen LogP contribution in [-0.2, 0) is 15.9 Å². The lowest BCUT2D eigenvalue weighted by Gasteiger charge is -2.17. The zero-order chi connectivity index (χ0) is 15.3. The van der Waals surface area contributed by atoms with E-state index in [-0.39, 0.29) is 0 Å². The fourth-order valence-corrected chi connectivity index (χ4v) is 2.50. The second kappa shape index (κ2) is 12.2. The van der Waals surface area contributed by atoms with Gasteiger partial charge in [-0.05, 0) is 56.0 Å². The maximum absolute atomic E-state index is 5.69. The molecule has 0 aliphatic heterocycles. The van der Waals surface area contributed by atoms with Crippen molar-refractivity contribution >= 4 is 15.9 Å². The van der Waals surface area contributed by atoms with Crippen LogP contribution in [0.3, 0.4) is 0 Å². The Morgan fingerprint density at radius 3 is 2.57 bits per heavy atom. The zero-order valence-electron chi connectivity index (χ0n) is 13.2. The van der Waals surface area contributed by atoms with Crippen molar-refractivity contribution in [1.82, 2.24) is 5.32 Å². The highest BCUT2D eigenvalue weighted by Gasteiger charge is 2.09. The van der Waals surface area contributed by atoms with Gasteiger partial charge in [-0.15, -0.1) is 0 Å². The maximum atomic E-state index is 5.69. The largest absolute Gasteiger partial charge is 0.385 e. The van der Waals surface area contributed by atoms with Crippen LogP contribution in [-0.4, -0.2) is 40.0 Å². The van der Waals surface area contributed by atoms with Crippen LogP contribution in [0, 0.1) is 5.92 Å². The molecule has 0 bridgehead atoms. The predicted molar refractivity (Wildman–Crippen MR) is 91.8 cm³/mol. The Kier molecular flexibility index (Phi) is 10.8. The fraction of sp³-hybridized carbons (Fsp3) is 0.647. The van der Waals surface area contributed by atoms with Crippen LogP contribution in [0.5, 0.6) is 0 Å². The summed E-state index contributed by atoms with van der Waals surface area (Å²) >= 11 is 3.48. The Labute approximate surface area is 137 Å². The Balaban J connectivity index is 2.31. The highest BCUT2D eigenvalue weighted by Crippen LogP contribution is 2.16. The van der Waals surface area contributed by atoms with Crippen molar-refractivity contribution in [3.8, 4) is 0 Å². The van der Waals surface area contributed by atoms with Crippen LogP contribution >= 0.6 is 15.9 Å². The molecular formula is C17H28BrNO2. The molecule has 0 aromatic heterocycles. The highest BCUT2D eigenvalue weighted by molar-refractivity contribution is 9.10. The van der Waals surface area contributed by atoms with Gasteiger partial charge in [0.2, 0.25) is 0 Å². The summed E-state index contributed by atoms with van der Waals surface area (Å²) < 4.78 is 11.8. The van der Waals surface area contributed by atoms with Gasteiger partial charge in [-0.2, -0.15) is 0 Å². The zero-order valence-corrected chi connectivity index (χ0v) is 14.8. The third kappa shape index (κ3) is 9.25. The molecule has 1 atom stereocenters. The first-order chi connectivity index (χ1) is 10.3. The molecule has 1 aromatic carbocycles. The lowest BCUT2D eigenvalue weighted by atomic mass is 9.96. The first kappa shape index (κ1) is 18.6. The number of hydrogen-bond acceptors (Lipinski definition) is 3. The van der Waals surface area contributed by atoms with Crippen LogP contribution in [0.4, 0.5) is 0 Å². The van der Waals surface area contributed by atoms with E-state index in [1.807, 2.05) is 0 Å². The highest BCUT2D eigenvalue weighted by atomic mass is 79.9. The molecule has 0 aliphatic carbocycles. The van der Waals surface area contributed by atoms with E-state index in [0.717, 1.165) is 56.6 Å². The van der Waals surface area contributed by atoms with E-state index in [9.17, 15) is 0 Å². The Bertz CT molecular complexity index is 356. The minimum Gasteiger partial charge on any atom is -0.385 e. The Morgan fingerprint density at radius 1 is 1.14 bits per heavy atom. The second-order valence-electron chi connectivity index (χ2n) is 5.25. The molecule has 1 unspecified atom stereocenters. The van der Waals surface area contributed by atoms with Gasteiger partial charge in [0.25, 0.3) is 0 Å². The first-order valence-electron chi connectivity index (χ1n) is 7.78. The van der Waals surface area contributed by atoms with Crippen molar-refractivity contribution in [2.24, 2.45) is 5.92 Å². The normalized spacial score (nSPS) is 12.5. The van der Waals surface area contributed by atoms with E-state index in [1.54, 1.807) is 7.11 Å². The van der Waals surface area contributed by atoms with Crippen molar-refractivity contribution in [3.63, 3.8) is 0 Å². The van der Waals surface area contributed by atoms with E-state index in [0.29, 0.717) is 5.92 Å². The molecular weight excluding hydrogens is 330 g/mol. The van der Waals surface area contributed by atoms with E-state index in [2.05, 4.69) is 52.4 Å². The van der Waals surface area contributed by atoms with Gasteiger partial charge in [-0.1, -0.05) is 35.0 Å². The quantitative estimate of drug-likeness (QED) is 0.579. The SMILES string of the molecule is CCNCC(CCOCCCOC)Cc1ccc(Br)cc1. The summed E-state index contributed by atoms with van der Waals surface area (Å²) in [6.45, 7) is 6.62. The van der Waals surface area contributed by atoms with E-state index in [1.165, 1.54) is 5.56 Å². The predicted octanol–water partition coefficient (Wildman–Crippen LogP) is 3.66. The van der Waals surface area contributed by atoms with Gasteiger partial charge in [0.15, 0.2) is 0 Å². The Morgan fingerprint density at radius 2 is 1.90 bits per heavy atom. The molecule has 0 aliphatic rings. The van der Waals surface area contributed by atoms with Gasteiger partial charge in [0.1, 0.15) is 0 Å². The lowest BCUT2D eigenvalue weighted by molar-refractivity contribution is 0.0936. The van der Waals surface area contributed by atoms with Gasteiger partial charge in [-0.25, -0.2) is 0 Å². The minimum atomic E-state index is 0.619. The molecule has 0 heterocycles. The maximum Gasteiger partial charge on any atom is 0.0487 e. The van der Waals surface area contributed by atoms with E-state index in [4.69, 9.17) is 9.47 Å². The van der Waals surface area contributed by atoms with Crippen molar-refractivity contribution in [2.45, 2.75) is 26.2 Å². The number of rotatable bonds is 12.